The van der Waals surface area contributed by atoms with E-state index in [0.717, 1.165) is 31.7 Å². The van der Waals surface area contributed by atoms with Crippen molar-refractivity contribution >= 4 is 28.7 Å². The Morgan fingerprint density at radius 1 is 1.14 bits per heavy atom. The third kappa shape index (κ3) is 4.96. The molecule has 0 bridgehead atoms. The molecule has 2 aromatic heterocycles. The molecule has 1 aromatic carbocycles. The zero-order chi connectivity index (χ0) is 20.1. The van der Waals surface area contributed by atoms with Crippen LogP contribution in [0.25, 0.3) is 0 Å². The second-order valence-electron chi connectivity index (χ2n) is 6.94. The van der Waals surface area contributed by atoms with Gasteiger partial charge in [-0.15, -0.1) is 11.3 Å². The van der Waals surface area contributed by atoms with E-state index >= 15 is 0 Å². The van der Waals surface area contributed by atoms with Gasteiger partial charge in [0, 0.05) is 50.0 Å². The Balaban J connectivity index is 1.45. The van der Waals surface area contributed by atoms with Crippen molar-refractivity contribution in [3.63, 3.8) is 0 Å². The number of carbonyl (C=O) groups is 1. The van der Waals surface area contributed by atoms with Crippen LogP contribution in [0.1, 0.15) is 22.5 Å². The minimum atomic E-state index is -0.341. The number of rotatable bonds is 5. The Labute approximate surface area is 173 Å². The Morgan fingerprint density at radius 3 is 2.90 bits per heavy atom. The molecule has 3 aromatic rings. The van der Waals surface area contributed by atoms with Gasteiger partial charge in [0.05, 0.1) is 16.8 Å². The summed E-state index contributed by atoms with van der Waals surface area (Å²) in [6.07, 6.45) is 2.53. The number of hydrogen-bond acceptors (Lipinski definition) is 6. The number of nitrogens with zero attached hydrogens (tertiary/aromatic N) is 4. The largest absolute Gasteiger partial charge is 0.339 e. The maximum absolute atomic E-state index is 13.5. The number of amides is 1. The summed E-state index contributed by atoms with van der Waals surface area (Å²) < 4.78 is 13.5. The molecular weight excluding hydrogens is 389 g/mol. The lowest BCUT2D eigenvalue weighted by Gasteiger charge is -2.22. The zero-order valence-electron chi connectivity index (χ0n) is 15.9. The van der Waals surface area contributed by atoms with Gasteiger partial charge in [-0.1, -0.05) is 6.07 Å². The number of thiazole rings is 1. The highest BCUT2D eigenvalue weighted by Crippen LogP contribution is 2.21. The molecule has 1 aliphatic heterocycles. The van der Waals surface area contributed by atoms with Crippen LogP contribution in [0, 0.1) is 5.82 Å². The van der Waals surface area contributed by atoms with E-state index in [9.17, 15) is 9.18 Å². The molecule has 29 heavy (non-hydrogen) atoms. The van der Waals surface area contributed by atoms with Crippen molar-refractivity contribution in [3.8, 4) is 0 Å². The molecule has 150 valence electrons. The van der Waals surface area contributed by atoms with Crippen molar-refractivity contribution in [3.05, 3.63) is 70.6 Å². The molecule has 3 heterocycles. The SMILES string of the molecule is O=C(c1cccnc1Nc1cccc(F)c1)N1CCCN(Cc2cscn2)CC1. The highest BCUT2D eigenvalue weighted by atomic mass is 32.1. The molecule has 1 aliphatic rings. The van der Waals surface area contributed by atoms with Crippen LogP contribution in [0.2, 0.25) is 0 Å². The molecule has 0 unspecified atom stereocenters. The number of aromatic nitrogens is 2. The Morgan fingerprint density at radius 2 is 2.07 bits per heavy atom. The molecular formula is C21H22FN5OS. The Kier molecular flexibility index (Phi) is 6.12. The Bertz CT molecular complexity index is 965. The number of benzene rings is 1. The molecule has 0 aliphatic carbocycles. The standard InChI is InChI=1S/C21H22FN5OS/c22-16-4-1-5-17(12-16)25-20-19(6-2-7-23-20)21(28)27-9-3-8-26(10-11-27)13-18-14-29-15-24-18/h1-2,4-7,12,14-15H,3,8-11,13H2,(H,23,25). The van der Waals surface area contributed by atoms with Gasteiger partial charge >= 0.3 is 0 Å². The second-order valence-corrected chi connectivity index (χ2v) is 7.66. The van der Waals surface area contributed by atoms with Crippen molar-refractivity contribution < 1.29 is 9.18 Å². The summed E-state index contributed by atoms with van der Waals surface area (Å²) in [5.74, 6) is 0.0331. The van der Waals surface area contributed by atoms with Crippen LogP contribution < -0.4 is 5.32 Å². The fourth-order valence-electron chi connectivity index (χ4n) is 3.43. The van der Waals surface area contributed by atoms with Crippen LogP contribution in [-0.2, 0) is 6.54 Å². The van der Waals surface area contributed by atoms with Gasteiger partial charge in [0.1, 0.15) is 11.6 Å². The first-order valence-electron chi connectivity index (χ1n) is 9.55. The van der Waals surface area contributed by atoms with Crippen LogP contribution >= 0.6 is 11.3 Å². The van der Waals surface area contributed by atoms with E-state index in [2.05, 4.69) is 25.6 Å². The lowest BCUT2D eigenvalue weighted by Crippen LogP contribution is -2.35. The zero-order valence-corrected chi connectivity index (χ0v) is 16.7. The summed E-state index contributed by atoms with van der Waals surface area (Å²) in [7, 11) is 0. The summed E-state index contributed by atoms with van der Waals surface area (Å²) in [5.41, 5.74) is 3.97. The first-order chi connectivity index (χ1) is 14.2. The van der Waals surface area contributed by atoms with E-state index in [-0.39, 0.29) is 11.7 Å². The minimum absolute atomic E-state index is 0.0625. The molecule has 1 saturated heterocycles. The van der Waals surface area contributed by atoms with Gasteiger partial charge in [0.25, 0.3) is 5.91 Å². The lowest BCUT2D eigenvalue weighted by atomic mass is 10.2. The van der Waals surface area contributed by atoms with Gasteiger partial charge in [-0.05, 0) is 36.8 Å². The predicted octanol–water partition coefficient (Wildman–Crippen LogP) is 3.77. The van der Waals surface area contributed by atoms with E-state index in [4.69, 9.17) is 0 Å². The summed E-state index contributed by atoms with van der Waals surface area (Å²) in [6, 6.07) is 9.63. The number of nitrogens with one attached hydrogen (secondary N) is 1. The van der Waals surface area contributed by atoms with Gasteiger partial charge in [-0.3, -0.25) is 9.69 Å². The average Bonchev–Trinajstić information content (AvgIpc) is 3.12. The molecule has 4 rings (SSSR count). The number of hydrogen-bond donors (Lipinski definition) is 1. The van der Waals surface area contributed by atoms with Crippen LogP contribution in [0.15, 0.2) is 53.5 Å². The van der Waals surface area contributed by atoms with Crippen LogP contribution in [0.3, 0.4) is 0 Å². The van der Waals surface area contributed by atoms with Crippen molar-refractivity contribution in [1.82, 2.24) is 19.8 Å². The third-order valence-corrected chi connectivity index (χ3v) is 5.51. The van der Waals surface area contributed by atoms with Crippen LogP contribution in [-0.4, -0.2) is 51.9 Å². The highest BCUT2D eigenvalue weighted by molar-refractivity contribution is 7.07. The average molecular weight is 412 g/mol. The molecule has 6 nitrogen and oxygen atoms in total. The molecule has 0 saturated carbocycles. The smallest absolute Gasteiger partial charge is 0.257 e. The first-order valence-corrected chi connectivity index (χ1v) is 10.5. The maximum Gasteiger partial charge on any atom is 0.257 e. The van der Waals surface area contributed by atoms with Gasteiger partial charge in [0.2, 0.25) is 0 Å². The predicted molar refractivity (Wildman–Crippen MR) is 112 cm³/mol. The van der Waals surface area contributed by atoms with E-state index in [1.54, 1.807) is 41.8 Å². The second kappa shape index (κ2) is 9.11. The van der Waals surface area contributed by atoms with E-state index in [1.165, 1.54) is 12.1 Å². The minimum Gasteiger partial charge on any atom is -0.339 e. The number of pyridine rings is 1. The van der Waals surface area contributed by atoms with Crippen molar-refractivity contribution in [1.29, 1.82) is 0 Å². The van der Waals surface area contributed by atoms with Gasteiger partial charge in [-0.25, -0.2) is 14.4 Å². The molecule has 1 fully saturated rings. The maximum atomic E-state index is 13.5. The van der Waals surface area contributed by atoms with Crippen molar-refractivity contribution in [2.45, 2.75) is 13.0 Å². The Hall–Kier alpha value is -2.84. The quantitative estimate of drug-likeness (QED) is 0.693. The third-order valence-electron chi connectivity index (χ3n) is 4.87. The van der Waals surface area contributed by atoms with Crippen molar-refractivity contribution in [2.75, 3.05) is 31.5 Å². The van der Waals surface area contributed by atoms with E-state index < -0.39 is 0 Å². The highest BCUT2D eigenvalue weighted by Gasteiger charge is 2.23. The monoisotopic (exact) mass is 411 g/mol. The summed E-state index contributed by atoms with van der Waals surface area (Å²) in [6.45, 7) is 3.89. The van der Waals surface area contributed by atoms with Crippen LogP contribution in [0.5, 0.6) is 0 Å². The first kappa shape index (κ1) is 19.5. The van der Waals surface area contributed by atoms with Gasteiger partial charge in [-0.2, -0.15) is 0 Å². The van der Waals surface area contributed by atoms with Gasteiger partial charge in [0.15, 0.2) is 0 Å². The molecule has 0 spiro atoms. The number of anilines is 2. The fourth-order valence-corrected chi connectivity index (χ4v) is 3.98. The van der Waals surface area contributed by atoms with E-state index in [0.29, 0.717) is 30.2 Å². The molecule has 8 heteroatoms. The molecule has 0 atom stereocenters. The number of carbonyl (C=O) groups excluding carboxylic acids is 1. The lowest BCUT2D eigenvalue weighted by molar-refractivity contribution is 0.0761. The fraction of sp³-hybridized carbons (Fsp3) is 0.286. The van der Waals surface area contributed by atoms with Crippen molar-refractivity contribution in [2.24, 2.45) is 0 Å². The number of halogens is 1. The summed E-state index contributed by atoms with van der Waals surface area (Å²) in [5, 5.41) is 5.13. The topological polar surface area (TPSA) is 61.4 Å². The molecule has 0 radical (unpaired) electrons. The summed E-state index contributed by atoms with van der Waals surface area (Å²) in [4.78, 5) is 26.1. The molecule has 1 N–H and O–H groups in total. The van der Waals surface area contributed by atoms with Gasteiger partial charge < -0.3 is 10.2 Å². The van der Waals surface area contributed by atoms with E-state index in [1.807, 2.05) is 10.4 Å². The van der Waals surface area contributed by atoms with Crippen LogP contribution in [0.4, 0.5) is 15.9 Å². The molecule has 1 amide bonds. The summed E-state index contributed by atoms with van der Waals surface area (Å²) >= 11 is 1.60. The normalized spacial score (nSPS) is 15.1.